The predicted molar refractivity (Wildman–Crippen MR) is 101 cm³/mol. The van der Waals surface area contributed by atoms with Crippen LogP contribution in [0.3, 0.4) is 0 Å². The number of piperidine rings is 1. The number of hydrogen-bond acceptors (Lipinski definition) is 2. The van der Waals surface area contributed by atoms with Gasteiger partial charge in [-0.2, -0.15) is 5.10 Å². The van der Waals surface area contributed by atoms with E-state index in [1.807, 2.05) is 41.9 Å². The van der Waals surface area contributed by atoms with Gasteiger partial charge >= 0.3 is 0 Å². The Balaban J connectivity index is 1.75. The van der Waals surface area contributed by atoms with E-state index in [1.54, 1.807) is 0 Å². The van der Waals surface area contributed by atoms with E-state index in [-0.39, 0.29) is 5.41 Å². The standard InChI is InChI=1S/C20H26ClN3/c1-15(2)20(4)10-12-23(13-11-20)14-18-16(3)22-24(19(18)21)17-8-6-5-7-9-17/h5-9H,1,10-14H2,2-4H3. The largest absolute Gasteiger partial charge is 0.299 e. The molecule has 0 saturated carbocycles. The average Bonchev–Trinajstić information content (AvgIpc) is 2.86. The molecule has 1 fully saturated rings. The van der Waals surface area contributed by atoms with E-state index >= 15 is 0 Å². The molecule has 1 aliphatic heterocycles. The van der Waals surface area contributed by atoms with Crippen LogP contribution in [-0.2, 0) is 6.54 Å². The number of aromatic nitrogens is 2. The summed E-state index contributed by atoms with van der Waals surface area (Å²) in [6.45, 7) is 13.7. The van der Waals surface area contributed by atoms with Crippen molar-refractivity contribution in [3.63, 3.8) is 0 Å². The van der Waals surface area contributed by atoms with Gasteiger partial charge in [-0.15, -0.1) is 0 Å². The maximum atomic E-state index is 6.65. The van der Waals surface area contributed by atoms with E-state index in [2.05, 4.69) is 30.4 Å². The van der Waals surface area contributed by atoms with Gasteiger partial charge in [0.1, 0.15) is 5.15 Å². The number of hydrogen-bond donors (Lipinski definition) is 0. The van der Waals surface area contributed by atoms with Gasteiger partial charge in [0.2, 0.25) is 0 Å². The minimum Gasteiger partial charge on any atom is -0.299 e. The zero-order valence-corrected chi connectivity index (χ0v) is 15.6. The molecule has 1 aromatic heterocycles. The fraction of sp³-hybridized carbons (Fsp3) is 0.450. The van der Waals surface area contributed by atoms with Gasteiger partial charge in [-0.05, 0) is 57.3 Å². The Kier molecular flexibility index (Phi) is 4.84. The molecule has 24 heavy (non-hydrogen) atoms. The Labute approximate surface area is 149 Å². The van der Waals surface area contributed by atoms with E-state index < -0.39 is 0 Å². The molecule has 0 unspecified atom stereocenters. The van der Waals surface area contributed by atoms with Crippen LogP contribution in [-0.4, -0.2) is 27.8 Å². The van der Waals surface area contributed by atoms with Crippen molar-refractivity contribution in [2.24, 2.45) is 5.41 Å². The molecule has 0 radical (unpaired) electrons. The highest BCUT2D eigenvalue weighted by atomic mass is 35.5. The lowest BCUT2D eigenvalue weighted by atomic mass is 9.75. The van der Waals surface area contributed by atoms with Gasteiger partial charge in [0, 0.05) is 12.1 Å². The average molecular weight is 344 g/mol. The molecule has 4 heteroatoms. The third-order valence-electron chi connectivity index (χ3n) is 5.49. The summed E-state index contributed by atoms with van der Waals surface area (Å²) in [5.74, 6) is 0. The highest BCUT2D eigenvalue weighted by molar-refractivity contribution is 6.30. The summed E-state index contributed by atoms with van der Waals surface area (Å²) >= 11 is 6.65. The van der Waals surface area contributed by atoms with E-state index in [9.17, 15) is 0 Å². The van der Waals surface area contributed by atoms with Crippen molar-refractivity contribution in [1.29, 1.82) is 0 Å². The van der Waals surface area contributed by atoms with Gasteiger partial charge in [0.25, 0.3) is 0 Å². The normalized spacial score (nSPS) is 17.8. The van der Waals surface area contributed by atoms with E-state index in [0.29, 0.717) is 0 Å². The summed E-state index contributed by atoms with van der Waals surface area (Å²) in [5.41, 5.74) is 4.74. The van der Waals surface area contributed by atoms with Crippen molar-refractivity contribution < 1.29 is 0 Å². The first-order valence-electron chi connectivity index (χ1n) is 8.58. The molecule has 3 nitrogen and oxygen atoms in total. The van der Waals surface area contributed by atoms with Crippen molar-refractivity contribution in [3.8, 4) is 5.69 Å². The minimum absolute atomic E-state index is 0.281. The Hall–Kier alpha value is -1.58. The second-order valence-electron chi connectivity index (χ2n) is 7.22. The smallest absolute Gasteiger partial charge is 0.137 e. The number of rotatable bonds is 4. The first kappa shape index (κ1) is 17.2. The van der Waals surface area contributed by atoms with Crippen molar-refractivity contribution in [3.05, 3.63) is 58.9 Å². The molecule has 1 aliphatic rings. The van der Waals surface area contributed by atoms with E-state index in [0.717, 1.165) is 54.6 Å². The third-order valence-corrected chi connectivity index (χ3v) is 5.88. The number of aryl methyl sites for hydroxylation is 1. The molecule has 0 spiro atoms. The highest BCUT2D eigenvalue weighted by Gasteiger charge is 2.31. The van der Waals surface area contributed by atoms with Gasteiger partial charge in [-0.25, -0.2) is 4.68 Å². The lowest BCUT2D eigenvalue weighted by Crippen LogP contribution is -2.38. The maximum Gasteiger partial charge on any atom is 0.137 e. The highest BCUT2D eigenvalue weighted by Crippen LogP contribution is 2.37. The Morgan fingerprint density at radius 1 is 1.25 bits per heavy atom. The van der Waals surface area contributed by atoms with Gasteiger partial charge in [-0.3, -0.25) is 4.90 Å². The number of likely N-dealkylation sites (tertiary alicyclic amines) is 1. The molecule has 0 bridgehead atoms. The molecule has 2 heterocycles. The molecule has 1 aromatic carbocycles. The van der Waals surface area contributed by atoms with Crippen LogP contribution in [0.5, 0.6) is 0 Å². The third kappa shape index (κ3) is 3.28. The van der Waals surface area contributed by atoms with Crippen LogP contribution < -0.4 is 0 Å². The Morgan fingerprint density at radius 2 is 1.88 bits per heavy atom. The van der Waals surface area contributed by atoms with Crippen molar-refractivity contribution in [2.75, 3.05) is 13.1 Å². The maximum absolute atomic E-state index is 6.65. The van der Waals surface area contributed by atoms with Crippen LogP contribution in [0.2, 0.25) is 5.15 Å². The molecule has 0 aliphatic carbocycles. The Bertz CT molecular complexity index is 725. The summed E-state index contributed by atoms with van der Waals surface area (Å²) in [5, 5.41) is 5.38. The molecule has 0 atom stereocenters. The van der Waals surface area contributed by atoms with Crippen LogP contribution in [0.1, 0.15) is 37.9 Å². The molecular formula is C20H26ClN3. The zero-order valence-electron chi connectivity index (χ0n) is 14.8. The van der Waals surface area contributed by atoms with E-state index in [1.165, 1.54) is 5.57 Å². The van der Waals surface area contributed by atoms with Crippen molar-refractivity contribution >= 4 is 11.6 Å². The summed E-state index contributed by atoms with van der Waals surface area (Å²) in [7, 11) is 0. The first-order chi connectivity index (χ1) is 11.4. The SMILES string of the molecule is C=C(C)C1(C)CCN(Cc2c(C)nn(-c3ccccc3)c2Cl)CC1. The number of nitrogens with zero attached hydrogens (tertiary/aromatic N) is 3. The summed E-state index contributed by atoms with van der Waals surface area (Å²) in [6, 6.07) is 10.1. The molecule has 2 aromatic rings. The Morgan fingerprint density at radius 3 is 2.46 bits per heavy atom. The summed E-state index contributed by atoms with van der Waals surface area (Å²) < 4.78 is 1.84. The van der Waals surface area contributed by atoms with Crippen molar-refractivity contribution in [2.45, 2.75) is 40.2 Å². The topological polar surface area (TPSA) is 21.1 Å². The van der Waals surface area contributed by atoms with Gasteiger partial charge in [-0.1, -0.05) is 48.9 Å². The number of para-hydroxylation sites is 1. The number of halogens is 1. The lowest BCUT2D eigenvalue weighted by molar-refractivity contribution is 0.138. The lowest BCUT2D eigenvalue weighted by Gasteiger charge is -2.40. The van der Waals surface area contributed by atoms with Gasteiger partial charge in [0.15, 0.2) is 0 Å². The molecule has 3 rings (SSSR count). The molecule has 128 valence electrons. The monoisotopic (exact) mass is 343 g/mol. The van der Waals surface area contributed by atoms with Gasteiger partial charge < -0.3 is 0 Å². The first-order valence-corrected chi connectivity index (χ1v) is 8.96. The molecule has 1 saturated heterocycles. The van der Waals surface area contributed by atoms with Crippen LogP contribution in [0.15, 0.2) is 42.5 Å². The fourth-order valence-electron chi connectivity index (χ4n) is 3.31. The summed E-state index contributed by atoms with van der Waals surface area (Å²) in [4.78, 5) is 2.48. The number of allylic oxidation sites excluding steroid dienone is 1. The molecular weight excluding hydrogens is 318 g/mol. The quantitative estimate of drug-likeness (QED) is 0.727. The summed E-state index contributed by atoms with van der Waals surface area (Å²) in [6.07, 6.45) is 2.32. The predicted octanol–water partition coefficient (Wildman–Crippen LogP) is 5.01. The van der Waals surface area contributed by atoms with Crippen LogP contribution in [0.25, 0.3) is 5.69 Å². The molecule has 0 N–H and O–H groups in total. The zero-order chi connectivity index (χ0) is 17.3. The fourth-order valence-corrected chi connectivity index (χ4v) is 3.64. The van der Waals surface area contributed by atoms with Crippen LogP contribution in [0.4, 0.5) is 0 Å². The number of benzene rings is 1. The second-order valence-corrected chi connectivity index (χ2v) is 7.58. The molecule has 0 amide bonds. The van der Waals surface area contributed by atoms with Crippen molar-refractivity contribution in [1.82, 2.24) is 14.7 Å². The van der Waals surface area contributed by atoms with E-state index in [4.69, 9.17) is 11.6 Å². The minimum atomic E-state index is 0.281. The van der Waals surface area contributed by atoms with Gasteiger partial charge in [0.05, 0.1) is 11.4 Å². The van der Waals surface area contributed by atoms with Crippen LogP contribution >= 0.6 is 11.6 Å². The van der Waals surface area contributed by atoms with Crippen LogP contribution in [0, 0.1) is 12.3 Å². The second kappa shape index (κ2) is 6.73.